The van der Waals surface area contributed by atoms with Gasteiger partial charge in [-0.25, -0.2) is 0 Å². The van der Waals surface area contributed by atoms with E-state index in [-0.39, 0.29) is 6.10 Å². The van der Waals surface area contributed by atoms with Crippen molar-refractivity contribution in [1.29, 1.82) is 0 Å². The first kappa shape index (κ1) is 11.9. The van der Waals surface area contributed by atoms with Crippen molar-refractivity contribution in [3.63, 3.8) is 0 Å². The summed E-state index contributed by atoms with van der Waals surface area (Å²) in [5.41, 5.74) is 4.03. The smallest absolute Gasteiger partial charge is 0.0965 e. The van der Waals surface area contributed by atoms with E-state index >= 15 is 0 Å². The fourth-order valence-corrected chi connectivity index (χ4v) is 3.61. The fraction of sp³-hybridized carbons (Fsp3) is 0.333. The van der Waals surface area contributed by atoms with Gasteiger partial charge in [-0.3, -0.25) is 0 Å². The highest BCUT2D eigenvalue weighted by atomic mass is 32.1. The highest BCUT2D eigenvalue weighted by Gasteiger charge is 2.25. The zero-order chi connectivity index (χ0) is 12.4. The van der Waals surface area contributed by atoms with E-state index in [0.717, 1.165) is 19.6 Å². The Morgan fingerprint density at radius 2 is 2.17 bits per heavy atom. The van der Waals surface area contributed by atoms with Crippen LogP contribution < -0.4 is 5.32 Å². The lowest BCUT2D eigenvalue weighted by Gasteiger charge is -2.24. The molecule has 1 aliphatic heterocycles. The molecule has 2 heterocycles. The molecule has 1 N–H and O–H groups in total. The van der Waals surface area contributed by atoms with Crippen molar-refractivity contribution in [3.8, 4) is 11.1 Å². The highest BCUT2D eigenvalue weighted by Crippen LogP contribution is 2.39. The average molecular weight is 259 g/mol. The van der Waals surface area contributed by atoms with Gasteiger partial charge in [-0.05, 0) is 23.6 Å². The molecule has 0 saturated carbocycles. The van der Waals surface area contributed by atoms with Crippen LogP contribution in [0.3, 0.4) is 0 Å². The van der Waals surface area contributed by atoms with Gasteiger partial charge in [0, 0.05) is 23.4 Å². The third-order valence-electron chi connectivity index (χ3n) is 3.35. The van der Waals surface area contributed by atoms with Gasteiger partial charge >= 0.3 is 0 Å². The van der Waals surface area contributed by atoms with E-state index in [2.05, 4.69) is 41.0 Å². The number of hydrogen-bond donors (Lipinski definition) is 1. The summed E-state index contributed by atoms with van der Waals surface area (Å²) in [6.07, 6.45) is 1.24. The number of nitrogens with one attached hydrogen (secondary N) is 1. The van der Waals surface area contributed by atoms with Crippen molar-refractivity contribution in [3.05, 3.63) is 46.2 Å². The molecule has 0 amide bonds. The number of hydrogen-bond acceptors (Lipinski definition) is 3. The van der Waals surface area contributed by atoms with Crippen LogP contribution in [0.4, 0.5) is 0 Å². The number of benzene rings is 1. The molecule has 0 bridgehead atoms. The SMILES string of the molecule is CNCC1OCCc2scc(-c3ccccc3)c21. The van der Waals surface area contributed by atoms with Crippen LogP contribution in [0.5, 0.6) is 0 Å². The number of likely N-dealkylation sites (N-methyl/N-ethyl adjacent to an activating group) is 1. The van der Waals surface area contributed by atoms with Gasteiger partial charge in [-0.1, -0.05) is 30.3 Å². The van der Waals surface area contributed by atoms with Gasteiger partial charge in [0.05, 0.1) is 12.7 Å². The predicted molar refractivity (Wildman–Crippen MR) is 76.1 cm³/mol. The molecule has 0 radical (unpaired) electrons. The first-order chi connectivity index (χ1) is 8.90. The maximum Gasteiger partial charge on any atom is 0.0965 e. The largest absolute Gasteiger partial charge is 0.372 e. The van der Waals surface area contributed by atoms with Crippen LogP contribution in [0.25, 0.3) is 11.1 Å². The zero-order valence-electron chi connectivity index (χ0n) is 10.5. The van der Waals surface area contributed by atoms with Crippen LogP contribution in [0.1, 0.15) is 16.5 Å². The molecule has 0 fully saturated rings. The Hall–Kier alpha value is -1.16. The molecular formula is C15H17NOS. The Labute approximate surface area is 112 Å². The third-order valence-corrected chi connectivity index (χ3v) is 4.42. The first-order valence-electron chi connectivity index (χ1n) is 6.32. The average Bonchev–Trinajstić information content (AvgIpc) is 2.85. The molecule has 0 aliphatic carbocycles. The lowest BCUT2D eigenvalue weighted by atomic mass is 9.96. The molecular weight excluding hydrogens is 242 g/mol. The normalized spacial score (nSPS) is 18.6. The van der Waals surface area contributed by atoms with E-state index in [1.165, 1.54) is 21.6 Å². The molecule has 0 spiro atoms. The minimum absolute atomic E-state index is 0.195. The molecule has 3 heteroatoms. The van der Waals surface area contributed by atoms with Crippen molar-refractivity contribution in [2.45, 2.75) is 12.5 Å². The summed E-state index contributed by atoms with van der Waals surface area (Å²) < 4.78 is 5.91. The lowest BCUT2D eigenvalue weighted by molar-refractivity contribution is 0.0455. The van der Waals surface area contributed by atoms with Crippen LogP contribution in [-0.4, -0.2) is 20.2 Å². The van der Waals surface area contributed by atoms with Gasteiger partial charge in [0.15, 0.2) is 0 Å². The Morgan fingerprint density at radius 1 is 1.33 bits per heavy atom. The minimum atomic E-state index is 0.195. The highest BCUT2D eigenvalue weighted by molar-refractivity contribution is 7.10. The van der Waals surface area contributed by atoms with Crippen molar-refractivity contribution in [1.82, 2.24) is 5.32 Å². The van der Waals surface area contributed by atoms with Gasteiger partial charge in [-0.15, -0.1) is 11.3 Å². The summed E-state index contributed by atoms with van der Waals surface area (Å²) >= 11 is 1.87. The van der Waals surface area contributed by atoms with Crippen LogP contribution in [0.2, 0.25) is 0 Å². The summed E-state index contributed by atoms with van der Waals surface area (Å²) in [7, 11) is 1.98. The van der Waals surface area contributed by atoms with Crippen molar-refractivity contribution in [2.24, 2.45) is 0 Å². The Balaban J connectivity index is 2.05. The van der Waals surface area contributed by atoms with E-state index < -0.39 is 0 Å². The first-order valence-corrected chi connectivity index (χ1v) is 7.20. The predicted octanol–water partition coefficient (Wildman–Crippen LogP) is 3.25. The van der Waals surface area contributed by atoms with E-state index in [4.69, 9.17) is 4.74 Å². The molecule has 1 unspecified atom stereocenters. The molecule has 1 aromatic carbocycles. The van der Waals surface area contributed by atoms with Gasteiger partial charge in [0.25, 0.3) is 0 Å². The summed E-state index contributed by atoms with van der Waals surface area (Å²) in [4.78, 5) is 1.49. The number of fused-ring (bicyclic) bond motifs is 1. The van der Waals surface area contributed by atoms with E-state index in [9.17, 15) is 0 Å². The molecule has 1 atom stereocenters. The molecule has 2 aromatic rings. The topological polar surface area (TPSA) is 21.3 Å². The van der Waals surface area contributed by atoms with E-state index in [1.54, 1.807) is 0 Å². The maximum absolute atomic E-state index is 5.91. The summed E-state index contributed by atoms with van der Waals surface area (Å²) in [6, 6.07) is 10.6. The van der Waals surface area contributed by atoms with Crippen LogP contribution in [0.15, 0.2) is 35.7 Å². The zero-order valence-corrected chi connectivity index (χ0v) is 11.3. The monoisotopic (exact) mass is 259 g/mol. The van der Waals surface area contributed by atoms with Crippen LogP contribution >= 0.6 is 11.3 Å². The number of rotatable bonds is 3. The number of thiophene rings is 1. The van der Waals surface area contributed by atoms with E-state index in [0.29, 0.717) is 0 Å². The molecule has 1 aromatic heterocycles. The fourth-order valence-electron chi connectivity index (χ4n) is 2.52. The van der Waals surface area contributed by atoms with Gasteiger partial charge in [0.2, 0.25) is 0 Å². The Bertz CT molecular complexity index is 521. The second kappa shape index (κ2) is 5.22. The Morgan fingerprint density at radius 3 is 2.94 bits per heavy atom. The van der Waals surface area contributed by atoms with Crippen molar-refractivity contribution in [2.75, 3.05) is 20.2 Å². The second-order valence-corrected chi connectivity index (χ2v) is 5.48. The van der Waals surface area contributed by atoms with Gasteiger partial charge < -0.3 is 10.1 Å². The minimum Gasteiger partial charge on any atom is -0.372 e. The quantitative estimate of drug-likeness (QED) is 0.913. The second-order valence-electron chi connectivity index (χ2n) is 4.52. The van der Waals surface area contributed by atoms with Crippen molar-refractivity contribution >= 4 is 11.3 Å². The summed E-state index contributed by atoms with van der Waals surface area (Å²) in [5, 5.41) is 5.50. The summed E-state index contributed by atoms with van der Waals surface area (Å²) in [5.74, 6) is 0. The molecule has 1 aliphatic rings. The van der Waals surface area contributed by atoms with Crippen LogP contribution in [-0.2, 0) is 11.2 Å². The number of ether oxygens (including phenoxy) is 1. The van der Waals surface area contributed by atoms with Crippen molar-refractivity contribution < 1.29 is 4.74 Å². The Kier molecular flexibility index (Phi) is 3.46. The van der Waals surface area contributed by atoms with E-state index in [1.807, 2.05) is 18.4 Å². The maximum atomic E-state index is 5.91. The standard InChI is InChI=1S/C15H17NOS/c1-16-9-13-15-12(11-5-3-2-4-6-11)10-18-14(15)7-8-17-13/h2-6,10,13,16H,7-9H2,1H3. The molecule has 18 heavy (non-hydrogen) atoms. The molecule has 94 valence electrons. The lowest BCUT2D eigenvalue weighted by Crippen LogP contribution is -2.24. The van der Waals surface area contributed by atoms with Gasteiger partial charge in [-0.2, -0.15) is 0 Å². The van der Waals surface area contributed by atoms with Crippen LogP contribution in [0, 0.1) is 0 Å². The third kappa shape index (κ3) is 2.09. The summed E-state index contributed by atoms with van der Waals surface area (Å²) in [6.45, 7) is 1.72. The van der Waals surface area contributed by atoms with Gasteiger partial charge in [0.1, 0.15) is 0 Å². The molecule has 2 nitrogen and oxygen atoms in total. The molecule has 0 saturated heterocycles. The molecule has 3 rings (SSSR count).